The molecule has 5 aromatic rings. The van der Waals surface area contributed by atoms with Gasteiger partial charge in [0.25, 0.3) is 5.91 Å². The first-order chi connectivity index (χ1) is 16.9. The first kappa shape index (κ1) is 22.1. The van der Waals surface area contributed by atoms with Gasteiger partial charge in [-0.05, 0) is 38.1 Å². The van der Waals surface area contributed by atoms with E-state index in [1.54, 1.807) is 15.6 Å². The number of rotatable bonds is 6. The number of aryl methyl sites for hydroxylation is 1. The molecule has 0 fully saturated rings. The third kappa shape index (κ3) is 4.31. The number of nitrogens with two attached hydrogens (primary N) is 1. The second-order valence-electron chi connectivity index (χ2n) is 8.34. The van der Waals surface area contributed by atoms with Gasteiger partial charge >= 0.3 is 0 Å². The van der Waals surface area contributed by atoms with Crippen molar-refractivity contribution < 1.29 is 4.79 Å². The van der Waals surface area contributed by atoms with Crippen LogP contribution in [0.3, 0.4) is 0 Å². The molecule has 0 radical (unpaired) electrons. The molecule has 0 unspecified atom stereocenters. The Kier molecular flexibility index (Phi) is 5.65. The van der Waals surface area contributed by atoms with Crippen molar-refractivity contribution in [2.45, 2.75) is 26.4 Å². The Balaban J connectivity index is 1.56. The Labute approximate surface area is 201 Å². The lowest BCUT2D eigenvalue weighted by molar-refractivity contribution is 0.0945. The normalized spacial score (nSPS) is 11.3. The van der Waals surface area contributed by atoms with Gasteiger partial charge in [0, 0.05) is 36.4 Å². The second-order valence-corrected chi connectivity index (χ2v) is 8.34. The minimum Gasteiger partial charge on any atom is -0.382 e. The number of pyridine rings is 1. The number of nitrogens with one attached hydrogen (secondary N) is 1. The van der Waals surface area contributed by atoms with E-state index in [0.717, 1.165) is 16.5 Å². The van der Waals surface area contributed by atoms with Gasteiger partial charge in [-0.3, -0.25) is 14.5 Å². The average Bonchev–Trinajstić information content (AvgIpc) is 3.51. The molecule has 0 atom stereocenters. The predicted molar refractivity (Wildman–Crippen MR) is 131 cm³/mol. The summed E-state index contributed by atoms with van der Waals surface area (Å²) in [4.78, 5) is 31.0. The summed E-state index contributed by atoms with van der Waals surface area (Å²) in [6.07, 6.45) is 5.02. The Bertz CT molecular complexity index is 1530. The number of hydrogen-bond donors (Lipinski definition) is 2. The van der Waals surface area contributed by atoms with Gasteiger partial charge in [0.15, 0.2) is 11.5 Å². The van der Waals surface area contributed by atoms with Crippen LogP contribution in [0.25, 0.3) is 33.5 Å². The van der Waals surface area contributed by atoms with Crippen LogP contribution >= 0.6 is 0 Å². The fourth-order valence-electron chi connectivity index (χ4n) is 3.83. The SMILES string of the molecule is CC(C)n1ncnc1CNC(=O)c1nc(-c2ccc3ncccc3c2)c(-c2ccn(C)n2)nc1N. The topological polar surface area (TPSA) is 142 Å². The van der Waals surface area contributed by atoms with Crippen molar-refractivity contribution in [3.05, 3.63) is 66.6 Å². The maximum atomic E-state index is 13.1. The zero-order valence-electron chi connectivity index (χ0n) is 19.5. The van der Waals surface area contributed by atoms with Crippen molar-refractivity contribution in [1.29, 1.82) is 0 Å². The monoisotopic (exact) mass is 468 g/mol. The van der Waals surface area contributed by atoms with Crippen LogP contribution in [-0.4, -0.2) is 45.4 Å². The number of amides is 1. The van der Waals surface area contributed by atoms with Crippen molar-refractivity contribution in [1.82, 2.24) is 44.8 Å². The number of anilines is 1. The molecular formula is C24H24N10O. The number of nitrogen functional groups attached to an aromatic ring is 1. The van der Waals surface area contributed by atoms with E-state index in [4.69, 9.17) is 5.73 Å². The van der Waals surface area contributed by atoms with E-state index in [2.05, 4.69) is 35.5 Å². The van der Waals surface area contributed by atoms with Gasteiger partial charge in [-0.15, -0.1) is 0 Å². The van der Waals surface area contributed by atoms with Crippen LogP contribution in [-0.2, 0) is 13.6 Å². The molecule has 11 heteroatoms. The van der Waals surface area contributed by atoms with Gasteiger partial charge in [-0.1, -0.05) is 12.1 Å². The van der Waals surface area contributed by atoms with E-state index in [1.807, 2.05) is 63.5 Å². The minimum absolute atomic E-state index is 0.0136. The molecule has 35 heavy (non-hydrogen) atoms. The molecule has 0 aliphatic heterocycles. The third-order valence-electron chi connectivity index (χ3n) is 5.51. The molecular weight excluding hydrogens is 444 g/mol. The van der Waals surface area contributed by atoms with Gasteiger partial charge in [-0.25, -0.2) is 19.6 Å². The maximum absolute atomic E-state index is 13.1. The lowest BCUT2D eigenvalue weighted by atomic mass is 10.0. The Morgan fingerprint density at radius 1 is 1.11 bits per heavy atom. The number of benzene rings is 1. The number of nitrogens with zero attached hydrogens (tertiary/aromatic N) is 8. The lowest BCUT2D eigenvalue weighted by Gasteiger charge is -2.13. The molecule has 11 nitrogen and oxygen atoms in total. The zero-order valence-corrected chi connectivity index (χ0v) is 19.5. The minimum atomic E-state index is -0.454. The molecule has 0 aliphatic rings. The van der Waals surface area contributed by atoms with Crippen LogP contribution < -0.4 is 11.1 Å². The largest absolute Gasteiger partial charge is 0.382 e. The standard InChI is InChI=1S/C24H24N10O/c1-14(2)34-19(28-13-29-34)12-27-24(35)22-23(25)31-21(18-8-10-33(3)32-18)20(30-22)16-6-7-17-15(11-16)5-4-9-26-17/h4-11,13-14H,12H2,1-3H3,(H2,25,31)(H,27,35). The van der Waals surface area contributed by atoms with E-state index in [1.165, 1.54) is 6.33 Å². The van der Waals surface area contributed by atoms with Crippen LogP contribution in [0.1, 0.15) is 36.2 Å². The predicted octanol–water partition coefficient (Wildman–Crippen LogP) is 2.78. The van der Waals surface area contributed by atoms with Crippen LogP contribution in [0.2, 0.25) is 0 Å². The Hall–Kier alpha value is -4.67. The number of fused-ring (bicyclic) bond motifs is 1. The molecule has 0 bridgehead atoms. The highest BCUT2D eigenvalue weighted by Crippen LogP contribution is 2.31. The van der Waals surface area contributed by atoms with Crippen molar-refractivity contribution in [3.63, 3.8) is 0 Å². The van der Waals surface area contributed by atoms with Crippen LogP contribution in [0.4, 0.5) is 5.82 Å². The number of aromatic nitrogens is 8. The fourth-order valence-corrected chi connectivity index (χ4v) is 3.83. The van der Waals surface area contributed by atoms with E-state index >= 15 is 0 Å². The molecule has 4 heterocycles. The van der Waals surface area contributed by atoms with E-state index in [-0.39, 0.29) is 24.1 Å². The van der Waals surface area contributed by atoms with Crippen molar-refractivity contribution in [2.24, 2.45) is 7.05 Å². The van der Waals surface area contributed by atoms with Crippen LogP contribution in [0.15, 0.2) is 55.1 Å². The molecule has 3 N–H and O–H groups in total. The maximum Gasteiger partial charge on any atom is 0.274 e. The summed E-state index contributed by atoms with van der Waals surface area (Å²) < 4.78 is 3.42. The van der Waals surface area contributed by atoms with Crippen molar-refractivity contribution in [2.75, 3.05) is 5.73 Å². The third-order valence-corrected chi connectivity index (χ3v) is 5.51. The van der Waals surface area contributed by atoms with Crippen LogP contribution in [0, 0.1) is 0 Å². The first-order valence-corrected chi connectivity index (χ1v) is 11.1. The number of carbonyl (C=O) groups is 1. The molecule has 176 valence electrons. The molecule has 0 spiro atoms. The molecule has 1 aromatic carbocycles. The molecule has 0 saturated heterocycles. The molecule has 0 saturated carbocycles. The summed E-state index contributed by atoms with van der Waals surface area (Å²) >= 11 is 0. The summed E-state index contributed by atoms with van der Waals surface area (Å²) in [5.41, 5.74) is 9.46. The smallest absolute Gasteiger partial charge is 0.274 e. The summed E-state index contributed by atoms with van der Waals surface area (Å²) in [7, 11) is 1.82. The fraction of sp³-hybridized carbons (Fsp3) is 0.208. The van der Waals surface area contributed by atoms with E-state index in [9.17, 15) is 4.79 Å². The molecule has 4 aromatic heterocycles. The lowest BCUT2D eigenvalue weighted by Crippen LogP contribution is -2.27. The first-order valence-electron chi connectivity index (χ1n) is 11.1. The summed E-state index contributed by atoms with van der Waals surface area (Å²) in [6, 6.07) is 11.5. The van der Waals surface area contributed by atoms with Gasteiger partial charge in [0.05, 0.1) is 17.8 Å². The number of hydrogen-bond acceptors (Lipinski definition) is 8. The zero-order chi connectivity index (χ0) is 24.5. The van der Waals surface area contributed by atoms with Crippen molar-refractivity contribution >= 4 is 22.6 Å². The number of carbonyl (C=O) groups excluding carboxylic acids is 1. The summed E-state index contributed by atoms with van der Waals surface area (Å²) in [5, 5.41) is 12.4. The highest BCUT2D eigenvalue weighted by atomic mass is 16.1. The van der Waals surface area contributed by atoms with Gasteiger partial charge in [0.2, 0.25) is 0 Å². The summed E-state index contributed by atoms with van der Waals surface area (Å²) in [5.74, 6) is 0.191. The molecule has 5 rings (SSSR count). The highest BCUT2D eigenvalue weighted by molar-refractivity contribution is 5.98. The van der Waals surface area contributed by atoms with Crippen LogP contribution in [0.5, 0.6) is 0 Å². The quantitative estimate of drug-likeness (QED) is 0.387. The van der Waals surface area contributed by atoms with Gasteiger partial charge in [0.1, 0.15) is 23.5 Å². The van der Waals surface area contributed by atoms with Gasteiger partial charge in [-0.2, -0.15) is 10.2 Å². The average molecular weight is 469 g/mol. The van der Waals surface area contributed by atoms with E-state index in [0.29, 0.717) is 22.9 Å². The van der Waals surface area contributed by atoms with Gasteiger partial charge < -0.3 is 11.1 Å². The van der Waals surface area contributed by atoms with Crippen molar-refractivity contribution in [3.8, 4) is 22.6 Å². The van der Waals surface area contributed by atoms with E-state index < -0.39 is 5.91 Å². The summed E-state index contributed by atoms with van der Waals surface area (Å²) in [6.45, 7) is 4.16. The highest BCUT2D eigenvalue weighted by Gasteiger charge is 2.22. The Morgan fingerprint density at radius 3 is 2.74 bits per heavy atom. The Morgan fingerprint density at radius 2 is 1.97 bits per heavy atom. The second kappa shape index (κ2) is 8.93. The molecule has 1 amide bonds. The molecule has 0 aliphatic carbocycles.